The highest BCUT2D eigenvalue weighted by Gasteiger charge is 2.31. The van der Waals surface area contributed by atoms with Crippen molar-refractivity contribution in [1.82, 2.24) is 5.32 Å². The van der Waals surface area contributed by atoms with Crippen LogP contribution in [0.5, 0.6) is 0 Å². The van der Waals surface area contributed by atoms with Crippen molar-refractivity contribution < 1.29 is 14.7 Å². The summed E-state index contributed by atoms with van der Waals surface area (Å²) in [6.45, 7) is 3.90. The van der Waals surface area contributed by atoms with Crippen LogP contribution in [-0.4, -0.2) is 23.0 Å². The Hall–Kier alpha value is -1.84. The molecule has 0 aromatic heterocycles. The van der Waals surface area contributed by atoms with Crippen molar-refractivity contribution in [2.75, 3.05) is 0 Å². The Bertz CT molecular complexity index is 510. The molecule has 0 aliphatic heterocycles. The van der Waals surface area contributed by atoms with Crippen molar-refractivity contribution in [2.45, 2.75) is 45.1 Å². The highest BCUT2D eigenvalue weighted by Crippen LogP contribution is 2.33. The van der Waals surface area contributed by atoms with Crippen LogP contribution < -0.4 is 5.32 Å². The minimum Gasteiger partial charge on any atom is -0.480 e. The highest BCUT2D eigenvalue weighted by atomic mass is 16.4. The molecular formula is C16H21NO3. The van der Waals surface area contributed by atoms with Gasteiger partial charge in [-0.05, 0) is 36.3 Å². The Labute approximate surface area is 119 Å². The second kappa shape index (κ2) is 6.07. The topological polar surface area (TPSA) is 66.4 Å². The van der Waals surface area contributed by atoms with Gasteiger partial charge in [-0.1, -0.05) is 38.1 Å². The number of carboxylic acid groups (broad SMARTS) is 1. The predicted octanol–water partition coefficient (Wildman–Crippen LogP) is 2.33. The first-order valence-corrected chi connectivity index (χ1v) is 7.10. The van der Waals surface area contributed by atoms with Crippen LogP contribution in [-0.2, 0) is 16.0 Å². The second-order valence-electron chi connectivity index (χ2n) is 5.82. The van der Waals surface area contributed by atoms with Gasteiger partial charge in [0.25, 0.3) is 0 Å². The molecule has 20 heavy (non-hydrogen) atoms. The molecule has 4 nitrogen and oxygen atoms in total. The fraction of sp³-hybridized carbons (Fsp3) is 0.500. The van der Waals surface area contributed by atoms with Gasteiger partial charge in [0.05, 0.1) is 5.92 Å². The molecule has 1 aromatic carbocycles. The van der Waals surface area contributed by atoms with E-state index in [0.717, 1.165) is 18.4 Å². The molecule has 0 fully saturated rings. The van der Waals surface area contributed by atoms with E-state index in [9.17, 15) is 14.7 Å². The lowest BCUT2D eigenvalue weighted by molar-refractivity contribution is -0.142. The number of hydrogen-bond donors (Lipinski definition) is 2. The Morgan fingerprint density at radius 1 is 1.35 bits per heavy atom. The van der Waals surface area contributed by atoms with Crippen molar-refractivity contribution in [3.05, 3.63) is 35.4 Å². The maximum absolute atomic E-state index is 12.3. The number of fused-ring (bicyclic) bond motifs is 1. The van der Waals surface area contributed by atoms with Crippen molar-refractivity contribution in [3.63, 3.8) is 0 Å². The third kappa shape index (κ3) is 3.18. The molecular weight excluding hydrogens is 254 g/mol. The molecule has 0 saturated heterocycles. The van der Waals surface area contributed by atoms with Crippen LogP contribution in [0.15, 0.2) is 24.3 Å². The van der Waals surface area contributed by atoms with E-state index in [1.807, 2.05) is 38.1 Å². The molecule has 2 atom stereocenters. The third-order valence-electron chi connectivity index (χ3n) is 3.77. The molecule has 0 radical (unpaired) electrons. The zero-order valence-corrected chi connectivity index (χ0v) is 11.9. The summed E-state index contributed by atoms with van der Waals surface area (Å²) >= 11 is 0. The number of carboxylic acids is 1. The van der Waals surface area contributed by atoms with Crippen LogP contribution in [0, 0.1) is 5.92 Å². The van der Waals surface area contributed by atoms with Crippen molar-refractivity contribution in [3.8, 4) is 0 Å². The van der Waals surface area contributed by atoms with E-state index in [-0.39, 0.29) is 17.7 Å². The quantitative estimate of drug-likeness (QED) is 0.866. The van der Waals surface area contributed by atoms with Crippen LogP contribution in [0.1, 0.15) is 43.7 Å². The summed E-state index contributed by atoms with van der Waals surface area (Å²) in [6.07, 6.45) is 2.10. The fourth-order valence-corrected chi connectivity index (χ4v) is 2.79. The van der Waals surface area contributed by atoms with Crippen molar-refractivity contribution in [1.29, 1.82) is 0 Å². The molecule has 2 unspecified atom stereocenters. The van der Waals surface area contributed by atoms with Gasteiger partial charge in [0.15, 0.2) is 0 Å². The van der Waals surface area contributed by atoms with Gasteiger partial charge >= 0.3 is 5.97 Å². The van der Waals surface area contributed by atoms with E-state index in [1.54, 1.807) is 0 Å². The number of hydrogen-bond acceptors (Lipinski definition) is 2. The summed E-state index contributed by atoms with van der Waals surface area (Å²) in [4.78, 5) is 23.5. The molecule has 108 valence electrons. The van der Waals surface area contributed by atoms with Gasteiger partial charge in [0.2, 0.25) is 5.91 Å². The van der Waals surface area contributed by atoms with E-state index >= 15 is 0 Å². The molecule has 0 saturated carbocycles. The molecule has 1 amide bonds. The summed E-state index contributed by atoms with van der Waals surface area (Å²) in [7, 11) is 0. The number of aryl methyl sites for hydroxylation is 1. The largest absolute Gasteiger partial charge is 0.480 e. The fourth-order valence-electron chi connectivity index (χ4n) is 2.79. The second-order valence-corrected chi connectivity index (χ2v) is 5.82. The maximum atomic E-state index is 12.3. The minimum absolute atomic E-state index is 0.164. The monoisotopic (exact) mass is 275 g/mol. The standard InChI is InChI=1S/C16H21NO3/c1-10(2)9-14(16(19)20)17-15(18)13-8-7-11-5-3-4-6-12(11)13/h3-6,10,13-14H,7-9H2,1-2H3,(H,17,18)(H,19,20). The highest BCUT2D eigenvalue weighted by molar-refractivity contribution is 5.89. The number of nitrogens with one attached hydrogen (secondary N) is 1. The Morgan fingerprint density at radius 2 is 2.05 bits per heavy atom. The van der Waals surface area contributed by atoms with Gasteiger partial charge < -0.3 is 10.4 Å². The van der Waals surface area contributed by atoms with Gasteiger partial charge in [0, 0.05) is 0 Å². The maximum Gasteiger partial charge on any atom is 0.326 e. The van der Waals surface area contributed by atoms with E-state index in [2.05, 4.69) is 5.32 Å². The molecule has 2 N–H and O–H groups in total. The summed E-state index contributed by atoms with van der Waals surface area (Å²) in [5.41, 5.74) is 2.24. The SMILES string of the molecule is CC(C)CC(NC(=O)C1CCc2ccccc21)C(=O)O. The minimum atomic E-state index is -0.960. The zero-order valence-electron chi connectivity index (χ0n) is 11.9. The number of benzene rings is 1. The predicted molar refractivity (Wildman–Crippen MR) is 76.5 cm³/mol. The molecule has 0 spiro atoms. The molecule has 0 bridgehead atoms. The number of aliphatic carboxylic acids is 1. The first kappa shape index (κ1) is 14.6. The lowest BCUT2D eigenvalue weighted by Gasteiger charge is -2.19. The van der Waals surface area contributed by atoms with Gasteiger partial charge in [-0.15, -0.1) is 0 Å². The Kier molecular flexibility index (Phi) is 4.42. The van der Waals surface area contributed by atoms with Gasteiger partial charge in [-0.2, -0.15) is 0 Å². The first-order chi connectivity index (χ1) is 9.49. The van der Waals surface area contributed by atoms with Crippen molar-refractivity contribution in [2.24, 2.45) is 5.92 Å². The zero-order chi connectivity index (χ0) is 14.7. The van der Waals surface area contributed by atoms with E-state index in [4.69, 9.17) is 0 Å². The number of amides is 1. The third-order valence-corrected chi connectivity index (χ3v) is 3.77. The van der Waals surface area contributed by atoms with E-state index in [1.165, 1.54) is 5.56 Å². The lowest BCUT2D eigenvalue weighted by Crippen LogP contribution is -2.43. The van der Waals surface area contributed by atoms with Gasteiger partial charge in [-0.3, -0.25) is 4.79 Å². The van der Waals surface area contributed by atoms with Crippen LogP contribution in [0.4, 0.5) is 0 Å². The van der Waals surface area contributed by atoms with Gasteiger partial charge in [0.1, 0.15) is 6.04 Å². The summed E-state index contributed by atoms with van der Waals surface area (Å²) in [5.74, 6) is -1.10. The van der Waals surface area contributed by atoms with Crippen LogP contribution in [0.25, 0.3) is 0 Å². The van der Waals surface area contributed by atoms with E-state index in [0.29, 0.717) is 6.42 Å². The van der Waals surface area contributed by atoms with Crippen LogP contribution in [0.3, 0.4) is 0 Å². The van der Waals surface area contributed by atoms with Crippen molar-refractivity contribution >= 4 is 11.9 Å². The average molecular weight is 275 g/mol. The summed E-state index contributed by atoms with van der Waals surface area (Å²) < 4.78 is 0. The molecule has 4 heteroatoms. The summed E-state index contributed by atoms with van der Waals surface area (Å²) in [5, 5.41) is 11.9. The van der Waals surface area contributed by atoms with Crippen LogP contribution >= 0.6 is 0 Å². The smallest absolute Gasteiger partial charge is 0.326 e. The molecule has 0 heterocycles. The molecule has 1 aliphatic rings. The van der Waals surface area contributed by atoms with E-state index < -0.39 is 12.0 Å². The number of carbonyl (C=O) groups excluding carboxylic acids is 1. The average Bonchev–Trinajstić information content (AvgIpc) is 2.81. The molecule has 1 aliphatic carbocycles. The van der Waals surface area contributed by atoms with Crippen LogP contribution in [0.2, 0.25) is 0 Å². The molecule has 1 aromatic rings. The summed E-state index contributed by atoms with van der Waals surface area (Å²) in [6, 6.07) is 7.09. The molecule has 2 rings (SSSR count). The normalized spacial score (nSPS) is 18.6. The lowest BCUT2D eigenvalue weighted by atomic mass is 9.98. The Balaban J connectivity index is 2.07. The number of carbonyl (C=O) groups is 2. The van der Waals surface area contributed by atoms with Gasteiger partial charge in [-0.25, -0.2) is 4.79 Å². The first-order valence-electron chi connectivity index (χ1n) is 7.10. The number of rotatable bonds is 5. The Morgan fingerprint density at radius 3 is 2.70 bits per heavy atom.